The maximum absolute atomic E-state index is 5.26. The Kier molecular flexibility index (Phi) is 2.42. The molecular formula is C13H9N3S. The van der Waals surface area contributed by atoms with Gasteiger partial charge in [0.1, 0.15) is 10.3 Å². The molecule has 4 heteroatoms. The third-order valence-corrected chi connectivity index (χ3v) is 2.96. The topological polar surface area (TPSA) is 41.6 Å². The van der Waals surface area contributed by atoms with Crippen LogP contribution >= 0.6 is 12.2 Å². The van der Waals surface area contributed by atoms with Gasteiger partial charge in [-0.25, -0.2) is 0 Å². The third-order valence-electron chi connectivity index (χ3n) is 2.65. The van der Waals surface area contributed by atoms with E-state index in [9.17, 15) is 0 Å². The zero-order valence-electron chi connectivity index (χ0n) is 8.92. The molecule has 1 N–H and O–H groups in total. The molecule has 0 unspecified atom stereocenters. The Bertz CT molecular complexity index is 728. The summed E-state index contributed by atoms with van der Waals surface area (Å²) in [6.07, 6.45) is 7.06. The maximum atomic E-state index is 5.26. The summed E-state index contributed by atoms with van der Waals surface area (Å²) in [6, 6.07) is 8.04. The Hall–Kier alpha value is -2.07. The molecule has 0 spiro atoms. The first-order valence-electron chi connectivity index (χ1n) is 5.23. The second kappa shape index (κ2) is 4.07. The van der Waals surface area contributed by atoms with Crippen LogP contribution in [0.1, 0.15) is 0 Å². The van der Waals surface area contributed by atoms with Crippen molar-refractivity contribution in [2.75, 3.05) is 0 Å². The van der Waals surface area contributed by atoms with Gasteiger partial charge in [0, 0.05) is 35.7 Å². The quantitative estimate of drug-likeness (QED) is 0.662. The monoisotopic (exact) mass is 239 g/mol. The van der Waals surface area contributed by atoms with Crippen molar-refractivity contribution in [1.29, 1.82) is 0 Å². The van der Waals surface area contributed by atoms with Gasteiger partial charge in [0.25, 0.3) is 0 Å². The molecule has 0 radical (unpaired) electrons. The number of pyridine rings is 1. The van der Waals surface area contributed by atoms with Gasteiger partial charge in [0.15, 0.2) is 0 Å². The Balaban J connectivity index is 2.39. The molecule has 0 saturated heterocycles. The van der Waals surface area contributed by atoms with E-state index in [-0.39, 0.29) is 0 Å². The molecule has 2 heterocycles. The normalized spacial score (nSPS) is 10.6. The van der Waals surface area contributed by atoms with Gasteiger partial charge in [0.05, 0.1) is 0 Å². The average molecular weight is 239 g/mol. The molecule has 0 aliphatic heterocycles. The Morgan fingerprint density at radius 2 is 2.06 bits per heavy atom. The van der Waals surface area contributed by atoms with Crippen LogP contribution in [0, 0.1) is 4.64 Å². The van der Waals surface area contributed by atoms with Crippen molar-refractivity contribution in [3.8, 4) is 11.3 Å². The molecule has 0 bridgehead atoms. The van der Waals surface area contributed by atoms with E-state index in [1.807, 2.05) is 24.4 Å². The summed E-state index contributed by atoms with van der Waals surface area (Å²) in [6.45, 7) is 0. The summed E-state index contributed by atoms with van der Waals surface area (Å²) in [5, 5.41) is 2.20. The van der Waals surface area contributed by atoms with E-state index in [0.717, 1.165) is 22.0 Å². The largest absolute Gasteiger partial charge is 0.350 e. The minimum atomic E-state index is 0.642. The van der Waals surface area contributed by atoms with Crippen molar-refractivity contribution in [2.45, 2.75) is 0 Å². The number of aromatic amines is 1. The van der Waals surface area contributed by atoms with Crippen LogP contribution in [0.4, 0.5) is 0 Å². The van der Waals surface area contributed by atoms with Crippen LogP contribution in [0.25, 0.3) is 22.0 Å². The van der Waals surface area contributed by atoms with Crippen LogP contribution < -0.4 is 0 Å². The van der Waals surface area contributed by atoms with Crippen LogP contribution in [-0.2, 0) is 0 Å². The number of fused-ring (bicyclic) bond motifs is 1. The van der Waals surface area contributed by atoms with Crippen LogP contribution in [-0.4, -0.2) is 15.0 Å². The summed E-state index contributed by atoms with van der Waals surface area (Å²) in [5.74, 6) is 0. The predicted molar refractivity (Wildman–Crippen MR) is 70.2 cm³/mol. The van der Waals surface area contributed by atoms with Gasteiger partial charge in [0.2, 0.25) is 0 Å². The zero-order valence-corrected chi connectivity index (χ0v) is 9.74. The Morgan fingerprint density at radius 1 is 1.12 bits per heavy atom. The van der Waals surface area contributed by atoms with Crippen LogP contribution in [0.3, 0.4) is 0 Å². The fraction of sp³-hybridized carbons (Fsp3) is 0. The average Bonchev–Trinajstić information content (AvgIpc) is 2.39. The number of hydrogen-bond acceptors (Lipinski definition) is 3. The van der Waals surface area contributed by atoms with E-state index >= 15 is 0 Å². The number of nitrogens with one attached hydrogen (secondary N) is 1. The molecule has 0 atom stereocenters. The lowest BCUT2D eigenvalue weighted by Gasteiger charge is -2.05. The molecule has 3 rings (SSSR count). The Labute approximate surface area is 103 Å². The molecule has 0 aliphatic rings. The highest BCUT2D eigenvalue weighted by Crippen LogP contribution is 2.26. The summed E-state index contributed by atoms with van der Waals surface area (Å²) in [5.41, 5.74) is 1.80. The molecule has 3 nitrogen and oxygen atoms in total. The van der Waals surface area contributed by atoms with E-state index in [4.69, 9.17) is 12.2 Å². The summed E-state index contributed by atoms with van der Waals surface area (Å²) in [4.78, 5) is 11.5. The van der Waals surface area contributed by atoms with E-state index in [2.05, 4.69) is 21.0 Å². The lowest BCUT2D eigenvalue weighted by Crippen LogP contribution is -1.88. The van der Waals surface area contributed by atoms with Crippen molar-refractivity contribution in [3.05, 3.63) is 53.7 Å². The van der Waals surface area contributed by atoms with E-state index in [0.29, 0.717) is 4.64 Å². The maximum Gasteiger partial charge on any atom is 0.129 e. The van der Waals surface area contributed by atoms with Gasteiger partial charge >= 0.3 is 0 Å². The van der Waals surface area contributed by atoms with Crippen molar-refractivity contribution < 1.29 is 0 Å². The standard InChI is InChI=1S/C13H9N3S/c17-13-12(15-6-7-16-13)10-3-1-2-9-4-5-14-8-11(9)10/h1-8H,(H,16,17). The van der Waals surface area contributed by atoms with Gasteiger partial charge in [-0.05, 0) is 11.5 Å². The van der Waals surface area contributed by atoms with Gasteiger partial charge < -0.3 is 4.98 Å². The third kappa shape index (κ3) is 1.72. The first kappa shape index (κ1) is 10.1. The highest BCUT2D eigenvalue weighted by molar-refractivity contribution is 7.71. The highest BCUT2D eigenvalue weighted by atomic mass is 32.1. The van der Waals surface area contributed by atoms with Crippen molar-refractivity contribution >= 4 is 23.0 Å². The van der Waals surface area contributed by atoms with Gasteiger partial charge in [-0.15, -0.1) is 0 Å². The van der Waals surface area contributed by atoms with E-state index in [1.54, 1.807) is 18.6 Å². The lowest BCUT2D eigenvalue weighted by atomic mass is 10.0. The fourth-order valence-corrected chi connectivity index (χ4v) is 2.09. The molecule has 0 amide bonds. The summed E-state index contributed by atoms with van der Waals surface area (Å²) >= 11 is 5.26. The lowest BCUT2D eigenvalue weighted by molar-refractivity contribution is 1.19. The summed E-state index contributed by atoms with van der Waals surface area (Å²) < 4.78 is 0.642. The first-order valence-corrected chi connectivity index (χ1v) is 5.64. The number of rotatable bonds is 1. The minimum absolute atomic E-state index is 0.642. The second-order valence-corrected chi connectivity index (χ2v) is 4.08. The van der Waals surface area contributed by atoms with Crippen molar-refractivity contribution in [1.82, 2.24) is 15.0 Å². The zero-order chi connectivity index (χ0) is 11.7. The predicted octanol–water partition coefficient (Wildman–Crippen LogP) is 3.35. The van der Waals surface area contributed by atoms with Gasteiger partial charge in [-0.2, -0.15) is 0 Å². The number of benzene rings is 1. The molecule has 0 fully saturated rings. The van der Waals surface area contributed by atoms with Gasteiger partial charge in [-0.3, -0.25) is 9.97 Å². The molecular weight excluding hydrogens is 230 g/mol. The number of H-pyrrole nitrogens is 1. The SMILES string of the molecule is S=c1[nH]ccnc1-c1cccc2ccncc12. The van der Waals surface area contributed by atoms with Crippen molar-refractivity contribution in [2.24, 2.45) is 0 Å². The summed E-state index contributed by atoms with van der Waals surface area (Å²) in [7, 11) is 0. The Morgan fingerprint density at radius 3 is 2.94 bits per heavy atom. The van der Waals surface area contributed by atoms with Crippen LogP contribution in [0.5, 0.6) is 0 Å². The highest BCUT2D eigenvalue weighted by Gasteiger charge is 2.05. The van der Waals surface area contributed by atoms with Crippen molar-refractivity contribution in [3.63, 3.8) is 0 Å². The molecule has 82 valence electrons. The fourth-order valence-electron chi connectivity index (χ4n) is 1.86. The van der Waals surface area contributed by atoms with Crippen LogP contribution in [0.15, 0.2) is 49.1 Å². The first-order chi connectivity index (χ1) is 8.36. The molecule has 0 saturated carbocycles. The molecule has 17 heavy (non-hydrogen) atoms. The van der Waals surface area contributed by atoms with Gasteiger partial charge in [-0.1, -0.05) is 30.4 Å². The van der Waals surface area contributed by atoms with E-state index in [1.165, 1.54) is 0 Å². The second-order valence-electron chi connectivity index (χ2n) is 3.67. The number of hydrogen-bond donors (Lipinski definition) is 1. The molecule has 0 aliphatic carbocycles. The van der Waals surface area contributed by atoms with E-state index < -0.39 is 0 Å². The molecule has 2 aromatic heterocycles. The van der Waals surface area contributed by atoms with Crippen LogP contribution in [0.2, 0.25) is 0 Å². The number of aromatic nitrogens is 3. The molecule has 1 aromatic carbocycles. The molecule has 3 aromatic rings. The minimum Gasteiger partial charge on any atom is -0.350 e. The number of nitrogens with zero attached hydrogens (tertiary/aromatic N) is 2. The smallest absolute Gasteiger partial charge is 0.129 e.